The summed E-state index contributed by atoms with van der Waals surface area (Å²) in [5.41, 5.74) is 3.02. The summed E-state index contributed by atoms with van der Waals surface area (Å²) in [4.78, 5) is 12.3. The molecule has 8 nitrogen and oxygen atoms in total. The minimum absolute atomic E-state index is 0.126. The molecule has 2 heterocycles. The van der Waals surface area contributed by atoms with Crippen molar-refractivity contribution >= 4 is 22.6 Å². The normalized spacial score (nSPS) is 10.8. The zero-order valence-electron chi connectivity index (χ0n) is 13.9. The molecule has 130 valence electrons. The number of hydrogen-bond acceptors (Lipinski definition) is 6. The second-order valence-corrected chi connectivity index (χ2v) is 5.65. The molecule has 0 radical (unpaired) electrons. The predicted molar refractivity (Wildman–Crippen MR) is 94.3 cm³/mol. The van der Waals surface area contributed by atoms with E-state index in [0.29, 0.717) is 17.0 Å². The number of aromatic nitrogens is 4. The molecule has 4 aromatic rings. The van der Waals surface area contributed by atoms with Gasteiger partial charge in [0, 0.05) is 22.7 Å². The average Bonchev–Trinajstić information content (AvgIpc) is 3.32. The minimum atomic E-state index is -0.126. The number of carbonyl (C=O) groups excluding carboxylic acids is 1. The number of nitrogens with one attached hydrogen (secondary N) is 1. The van der Waals surface area contributed by atoms with Crippen LogP contribution in [0.5, 0.6) is 5.75 Å². The number of ether oxygens (including phenoxy) is 1. The Morgan fingerprint density at radius 2 is 2.08 bits per heavy atom. The number of tetrazole rings is 1. The minimum Gasteiger partial charge on any atom is -0.497 e. The molecule has 1 N–H and O–H groups in total. The van der Waals surface area contributed by atoms with Crippen molar-refractivity contribution in [2.45, 2.75) is 6.42 Å². The second-order valence-electron chi connectivity index (χ2n) is 5.65. The molecule has 0 saturated heterocycles. The third-order valence-electron chi connectivity index (χ3n) is 3.98. The maximum Gasteiger partial charge on any atom is 0.228 e. The molecule has 1 amide bonds. The highest BCUT2D eigenvalue weighted by Crippen LogP contribution is 2.26. The van der Waals surface area contributed by atoms with Gasteiger partial charge in [-0.15, -0.1) is 5.10 Å². The van der Waals surface area contributed by atoms with Gasteiger partial charge in [0.05, 0.1) is 25.5 Å². The number of hydrogen-bond donors (Lipinski definition) is 1. The van der Waals surface area contributed by atoms with Gasteiger partial charge in [-0.05, 0) is 46.8 Å². The smallest absolute Gasteiger partial charge is 0.228 e. The maximum atomic E-state index is 12.3. The van der Waals surface area contributed by atoms with Crippen molar-refractivity contribution in [3.8, 4) is 11.4 Å². The molecule has 2 aromatic heterocycles. The van der Waals surface area contributed by atoms with Gasteiger partial charge in [0.1, 0.15) is 17.7 Å². The van der Waals surface area contributed by atoms with Crippen LogP contribution in [0, 0.1) is 0 Å². The number of anilines is 1. The first kappa shape index (κ1) is 15.8. The van der Waals surface area contributed by atoms with Crippen molar-refractivity contribution in [1.29, 1.82) is 0 Å². The van der Waals surface area contributed by atoms with Crippen molar-refractivity contribution in [3.05, 3.63) is 60.6 Å². The third-order valence-corrected chi connectivity index (χ3v) is 3.98. The molecule has 4 rings (SSSR count). The van der Waals surface area contributed by atoms with E-state index in [4.69, 9.17) is 9.15 Å². The van der Waals surface area contributed by atoms with E-state index < -0.39 is 0 Å². The van der Waals surface area contributed by atoms with Crippen LogP contribution in [0.1, 0.15) is 5.56 Å². The summed E-state index contributed by atoms with van der Waals surface area (Å²) >= 11 is 0. The summed E-state index contributed by atoms with van der Waals surface area (Å²) in [6, 6.07) is 12.8. The van der Waals surface area contributed by atoms with Gasteiger partial charge in [-0.1, -0.05) is 0 Å². The first-order valence-corrected chi connectivity index (χ1v) is 7.90. The Morgan fingerprint density at radius 1 is 1.23 bits per heavy atom. The van der Waals surface area contributed by atoms with Gasteiger partial charge in [0.2, 0.25) is 5.91 Å². The molecule has 0 saturated carbocycles. The zero-order chi connectivity index (χ0) is 17.9. The van der Waals surface area contributed by atoms with E-state index in [2.05, 4.69) is 20.8 Å². The Hall–Kier alpha value is -3.68. The molecule has 26 heavy (non-hydrogen) atoms. The quantitative estimate of drug-likeness (QED) is 0.595. The van der Waals surface area contributed by atoms with Crippen LogP contribution in [-0.4, -0.2) is 33.2 Å². The molecule has 0 aliphatic rings. The summed E-state index contributed by atoms with van der Waals surface area (Å²) < 4.78 is 12.2. The predicted octanol–water partition coefficient (Wildman–Crippen LogP) is 2.60. The number of benzene rings is 2. The summed E-state index contributed by atoms with van der Waals surface area (Å²) in [5, 5.41) is 14.8. The van der Waals surface area contributed by atoms with Crippen molar-refractivity contribution in [2.24, 2.45) is 0 Å². The van der Waals surface area contributed by atoms with Gasteiger partial charge in [0.25, 0.3) is 0 Å². The van der Waals surface area contributed by atoms with E-state index in [9.17, 15) is 4.79 Å². The van der Waals surface area contributed by atoms with Gasteiger partial charge in [-0.25, -0.2) is 4.68 Å². The third kappa shape index (κ3) is 3.12. The van der Waals surface area contributed by atoms with Crippen LogP contribution in [-0.2, 0) is 11.2 Å². The van der Waals surface area contributed by atoms with Gasteiger partial charge in [0.15, 0.2) is 0 Å². The highest BCUT2D eigenvalue weighted by Gasteiger charge is 2.11. The highest BCUT2D eigenvalue weighted by atomic mass is 16.5. The Labute approximate surface area is 148 Å². The number of rotatable bonds is 5. The summed E-state index contributed by atoms with van der Waals surface area (Å²) in [6.45, 7) is 0. The standard InChI is InChI=1S/C18H15N5O3/c1-25-15-6-7-16-12(10-26-17(16)9-15)8-18(24)20-13-2-4-14(5-3-13)23-11-19-21-22-23/h2-7,9-11H,8H2,1H3,(H,20,24). The zero-order valence-corrected chi connectivity index (χ0v) is 13.9. The van der Waals surface area contributed by atoms with Crippen molar-refractivity contribution in [2.75, 3.05) is 12.4 Å². The molecule has 8 heteroatoms. The molecule has 2 aromatic carbocycles. The van der Waals surface area contributed by atoms with Crippen LogP contribution in [0.15, 0.2) is 59.5 Å². The van der Waals surface area contributed by atoms with E-state index in [1.165, 1.54) is 11.0 Å². The fraction of sp³-hybridized carbons (Fsp3) is 0.111. The molecule has 0 bridgehead atoms. The maximum absolute atomic E-state index is 12.3. The Bertz CT molecular complexity index is 1040. The average molecular weight is 349 g/mol. The first-order chi connectivity index (χ1) is 12.7. The number of nitrogens with zero attached hydrogens (tertiary/aromatic N) is 4. The van der Waals surface area contributed by atoms with Crippen molar-refractivity contribution in [1.82, 2.24) is 20.2 Å². The number of methoxy groups -OCH3 is 1. The topological polar surface area (TPSA) is 95.1 Å². The molecule has 0 aliphatic carbocycles. The summed E-state index contributed by atoms with van der Waals surface area (Å²) in [5.74, 6) is 0.587. The molecule has 0 spiro atoms. The molecule has 0 atom stereocenters. The van der Waals surface area contributed by atoms with Crippen LogP contribution in [0.25, 0.3) is 16.7 Å². The van der Waals surface area contributed by atoms with E-state index in [0.717, 1.165) is 16.6 Å². The monoisotopic (exact) mass is 349 g/mol. The second kappa shape index (κ2) is 6.67. The van der Waals surface area contributed by atoms with Gasteiger partial charge >= 0.3 is 0 Å². The molecule has 0 fully saturated rings. The Morgan fingerprint density at radius 3 is 2.81 bits per heavy atom. The first-order valence-electron chi connectivity index (χ1n) is 7.90. The lowest BCUT2D eigenvalue weighted by Crippen LogP contribution is -2.14. The number of fused-ring (bicyclic) bond motifs is 1. The Balaban J connectivity index is 1.45. The van der Waals surface area contributed by atoms with E-state index in [1.807, 2.05) is 24.3 Å². The van der Waals surface area contributed by atoms with E-state index in [-0.39, 0.29) is 12.3 Å². The summed E-state index contributed by atoms with van der Waals surface area (Å²) in [6.07, 6.45) is 3.32. The number of furan rings is 1. The fourth-order valence-corrected chi connectivity index (χ4v) is 2.68. The largest absolute Gasteiger partial charge is 0.497 e. The number of amides is 1. The van der Waals surface area contributed by atoms with Crippen LogP contribution < -0.4 is 10.1 Å². The van der Waals surface area contributed by atoms with Crippen molar-refractivity contribution < 1.29 is 13.9 Å². The van der Waals surface area contributed by atoms with Gasteiger partial charge in [-0.3, -0.25) is 4.79 Å². The highest BCUT2D eigenvalue weighted by molar-refractivity contribution is 5.95. The molecular weight excluding hydrogens is 334 g/mol. The van der Waals surface area contributed by atoms with Crippen LogP contribution in [0.3, 0.4) is 0 Å². The van der Waals surface area contributed by atoms with Crippen LogP contribution in [0.4, 0.5) is 5.69 Å². The van der Waals surface area contributed by atoms with Crippen molar-refractivity contribution in [3.63, 3.8) is 0 Å². The van der Waals surface area contributed by atoms with Gasteiger partial charge in [-0.2, -0.15) is 0 Å². The number of carbonyl (C=O) groups is 1. The van der Waals surface area contributed by atoms with E-state index in [1.54, 1.807) is 31.6 Å². The Kier molecular flexibility index (Phi) is 4.06. The lowest BCUT2D eigenvalue weighted by molar-refractivity contribution is -0.115. The summed E-state index contributed by atoms with van der Waals surface area (Å²) in [7, 11) is 1.60. The fourth-order valence-electron chi connectivity index (χ4n) is 2.68. The molecule has 0 aliphatic heterocycles. The van der Waals surface area contributed by atoms with Crippen LogP contribution >= 0.6 is 0 Å². The van der Waals surface area contributed by atoms with Gasteiger partial charge < -0.3 is 14.5 Å². The molecular formula is C18H15N5O3. The molecule has 0 unspecified atom stereocenters. The SMILES string of the molecule is COc1ccc2c(CC(=O)Nc3ccc(-n4cnnn4)cc3)coc2c1. The van der Waals surface area contributed by atoms with Crippen LogP contribution in [0.2, 0.25) is 0 Å². The lowest BCUT2D eigenvalue weighted by Gasteiger charge is -2.06. The van der Waals surface area contributed by atoms with E-state index >= 15 is 0 Å². The lowest BCUT2D eigenvalue weighted by atomic mass is 10.1.